The van der Waals surface area contributed by atoms with E-state index in [9.17, 15) is 4.79 Å². The Bertz CT molecular complexity index is 1510. The average Bonchev–Trinajstić information content (AvgIpc) is 3.30. The van der Waals surface area contributed by atoms with E-state index in [4.69, 9.17) is 25.8 Å². The van der Waals surface area contributed by atoms with E-state index in [1.807, 2.05) is 97.9 Å². The lowest BCUT2D eigenvalue weighted by Gasteiger charge is -2.15. The van der Waals surface area contributed by atoms with Crippen LogP contribution in [-0.2, 0) is 16.1 Å². The number of hydrogen-bond donors (Lipinski definition) is 0. The van der Waals surface area contributed by atoms with Gasteiger partial charge in [0.15, 0.2) is 17.2 Å². The molecule has 0 radical (unpaired) electrons. The van der Waals surface area contributed by atoms with Crippen molar-refractivity contribution in [2.24, 2.45) is 4.99 Å². The molecular weight excluding hydrogens is 566 g/mol. The number of cyclic esters (lactones) is 1. The molecule has 0 aromatic heterocycles. The number of nitrogens with zero attached hydrogens (tertiary/aromatic N) is 1. The summed E-state index contributed by atoms with van der Waals surface area (Å²) >= 11 is 9.56. The first-order valence-corrected chi connectivity index (χ1v) is 13.2. The van der Waals surface area contributed by atoms with E-state index in [1.54, 1.807) is 6.08 Å². The van der Waals surface area contributed by atoms with Gasteiger partial charge in [0.25, 0.3) is 0 Å². The van der Waals surface area contributed by atoms with E-state index in [0.29, 0.717) is 34.2 Å². The fraction of sp³-hybridized carbons (Fsp3) is 0.0968. The van der Waals surface area contributed by atoms with Gasteiger partial charge in [-0.1, -0.05) is 66.2 Å². The van der Waals surface area contributed by atoms with Crippen molar-refractivity contribution in [3.63, 3.8) is 0 Å². The lowest BCUT2D eigenvalue weighted by atomic mass is 10.0. The van der Waals surface area contributed by atoms with E-state index in [2.05, 4.69) is 20.9 Å². The quantitative estimate of drug-likeness (QED) is 0.154. The van der Waals surface area contributed by atoms with Crippen LogP contribution >= 0.6 is 27.5 Å². The smallest absolute Gasteiger partial charge is 0.363 e. The summed E-state index contributed by atoms with van der Waals surface area (Å²) in [6, 6.07) is 29.0. The fourth-order valence-corrected chi connectivity index (χ4v) is 4.64. The number of carbonyl (C=O) groups excluding carboxylic acids is 1. The van der Waals surface area contributed by atoms with Crippen LogP contribution in [0.1, 0.15) is 23.6 Å². The molecule has 4 aromatic rings. The molecule has 0 saturated carbocycles. The molecule has 0 spiro atoms. The van der Waals surface area contributed by atoms with Gasteiger partial charge in [0, 0.05) is 10.6 Å². The molecule has 0 aliphatic carbocycles. The minimum Gasteiger partial charge on any atom is -0.490 e. The Morgan fingerprint density at radius 3 is 2.29 bits per heavy atom. The molecule has 0 unspecified atom stereocenters. The van der Waals surface area contributed by atoms with Crippen LogP contribution in [0.2, 0.25) is 5.02 Å². The van der Waals surface area contributed by atoms with Crippen molar-refractivity contribution in [2.45, 2.75) is 13.5 Å². The first-order chi connectivity index (χ1) is 18.5. The average molecular weight is 589 g/mol. The molecule has 0 amide bonds. The number of aliphatic imine (C=N–C) groups is 1. The molecule has 7 heteroatoms. The standard InChI is InChI=1S/C31H23BrClNO4/c1-2-36-28-18-21(16-26(32)29(28)37-19-20-8-14-25(33)15-9-20)17-27-31(35)38-30(34-27)24-12-10-23(11-13-24)22-6-4-3-5-7-22/h3-18H,2,19H2,1H3/b27-17-. The van der Waals surface area contributed by atoms with E-state index in [1.165, 1.54) is 0 Å². The number of halogens is 2. The highest BCUT2D eigenvalue weighted by Crippen LogP contribution is 2.38. The van der Waals surface area contributed by atoms with Crippen LogP contribution < -0.4 is 9.47 Å². The van der Waals surface area contributed by atoms with Crippen LogP contribution in [0, 0.1) is 0 Å². The van der Waals surface area contributed by atoms with Crippen molar-refractivity contribution in [1.29, 1.82) is 0 Å². The predicted molar refractivity (Wildman–Crippen MR) is 154 cm³/mol. The second kappa shape index (κ2) is 11.7. The maximum Gasteiger partial charge on any atom is 0.363 e. The third-order valence-corrected chi connectivity index (χ3v) is 6.63. The molecule has 190 valence electrons. The number of benzene rings is 4. The van der Waals surface area contributed by atoms with Gasteiger partial charge in [-0.05, 0) is 87.6 Å². The van der Waals surface area contributed by atoms with E-state index in [0.717, 1.165) is 27.8 Å². The van der Waals surface area contributed by atoms with Crippen molar-refractivity contribution in [2.75, 3.05) is 6.61 Å². The fourth-order valence-electron chi connectivity index (χ4n) is 3.94. The predicted octanol–water partition coefficient (Wildman–Crippen LogP) is 8.09. The molecule has 0 saturated heterocycles. The Morgan fingerprint density at radius 2 is 1.58 bits per heavy atom. The second-order valence-electron chi connectivity index (χ2n) is 8.46. The molecule has 0 fully saturated rings. The molecule has 38 heavy (non-hydrogen) atoms. The van der Waals surface area contributed by atoms with Crippen molar-refractivity contribution in [1.82, 2.24) is 0 Å². The van der Waals surface area contributed by atoms with Crippen LogP contribution in [0.25, 0.3) is 17.2 Å². The van der Waals surface area contributed by atoms with Gasteiger partial charge in [0.1, 0.15) is 6.61 Å². The Kier molecular flexibility index (Phi) is 7.91. The zero-order chi connectivity index (χ0) is 26.5. The van der Waals surface area contributed by atoms with Gasteiger partial charge in [0.2, 0.25) is 5.90 Å². The summed E-state index contributed by atoms with van der Waals surface area (Å²) in [4.78, 5) is 17.1. The van der Waals surface area contributed by atoms with Crippen molar-refractivity contribution >= 4 is 45.5 Å². The largest absolute Gasteiger partial charge is 0.490 e. The summed E-state index contributed by atoms with van der Waals surface area (Å²) in [5.74, 6) is 0.882. The van der Waals surface area contributed by atoms with E-state index >= 15 is 0 Å². The highest BCUT2D eigenvalue weighted by molar-refractivity contribution is 9.10. The van der Waals surface area contributed by atoms with Crippen LogP contribution in [0.3, 0.4) is 0 Å². The van der Waals surface area contributed by atoms with E-state index in [-0.39, 0.29) is 11.6 Å². The third-order valence-electron chi connectivity index (χ3n) is 5.79. The van der Waals surface area contributed by atoms with Crippen molar-refractivity contribution in [3.05, 3.63) is 123 Å². The number of hydrogen-bond acceptors (Lipinski definition) is 5. The molecule has 0 bridgehead atoms. The highest BCUT2D eigenvalue weighted by Gasteiger charge is 2.24. The van der Waals surface area contributed by atoms with Crippen LogP contribution in [0.15, 0.2) is 106 Å². The number of rotatable bonds is 8. The zero-order valence-electron chi connectivity index (χ0n) is 20.5. The Hall–Kier alpha value is -3.87. The number of esters is 1. The Morgan fingerprint density at radius 1 is 0.895 bits per heavy atom. The first kappa shape index (κ1) is 25.8. The lowest BCUT2D eigenvalue weighted by Crippen LogP contribution is -2.05. The second-order valence-corrected chi connectivity index (χ2v) is 9.75. The highest BCUT2D eigenvalue weighted by atomic mass is 79.9. The molecular formula is C31H23BrClNO4. The SMILES string of the molecule is CCOc1cc(/C=C2\N=C(c3ccc(-c4ccccc4)cc3)OC2=O)cc(Br)c1OCc1ccc(Cl)cc1. The molecule has 5 rings (SSSR count). The van der Waals surface area contributed by atoms with Crippen LogP contribution in [0.4, 0.5) is 0 Å². The topological polar surface area (TPSA) is 57.1 Å². The van der Waals surface area contributed by atoms with Crippen molar-refractivity contribution < 1.29 is 19.0 Å². The normalized spacial score (nSPS) is 13.8. The molecule has 1 aliphatic rings. The summed E-state index contributed by atoms with van der Waals surface area (Å²) in [6.45, 7) is 2.70. The molecule has 4 aromatic carbocycles. The minimum atomic E-state index is -0.510. The number of ether oxygens (including phenoxy) is 3. The summed E-state index contributed by atoms with van der Waals surface area (Å²) in [7, 11) is 0. The molecule has 5 nitrogen and oxygen atoms in total. The molecule has 0 N–H and O–H groups in total. The maximum absolute atomic E-state index is 12.6. The lowest BCUT2D eigenvalue weighted by molar-refractivity contribution is -0.129. The minimum absolute atomic E-state index is 0.205. The summed E-state index contributed by atoms with van der Waals surface area (Å²) in [6.07, 6.45) is 1.67. The summed E-state index contributed by atoms with van der Waals surface area (Å²) in [5.41, 5.74) is 4.81. The Balaban J connectivity index is 1.37. The van der Waals surface area contributed by atoms with Gasteiger partial charge >= 0.3 is 5.97 Å². The zero-order valence-corrected chi connectivity index (χ0v) is 22.8. The monoisotopic (exact) mass is 587 g/mol. The summed E-state index contributed by atoms with van der Waals surface area (Å²) in [5, 5.41) is 0.669. The van der Waals surface area contributed by atoms with Crippen molar-refractivity contribution in [3.8, 4) is 22.6 Å². The van der Waals surface area contributed by atoms with Crippen LogP contribution in [0.5, 0.6) is 11.5 Å². The van der Waals surface area contributed by atoms with Gasteiger partial charge in [-0.25, -0.2) is 9.79 Å². The van der Waals surface area contributed by atoms with Gasteiger partial charge in [0.05, 0.1) is 11.1 Å². The summed E-state index contributed by atoms with van der Waals surface area (Å²) < 4.78 is 18.1. The third kappa shape index (κ3) is 5.98. The van der Waals surface area contributed by atoms with E-state index < -0.39 is 5.97 Å². The molecule has 1 heterocycles. The van der Waals surface area contributed by atoms with Gasteiger partial charge in [-0.2, -0.15) is 0 Å². The molecule has 1 aliphatic heterocycles. The van der Waals surface area contributed by atoms with Gasteiger partial charge < -0.3 is 14.2 Å². The number of carbonyl (C=O) groups is 1. The molecule has 0 atom stereocenters. The van der Waals surface area contributed by atoms with Gasteiger partial charge in [-0.3, -0.25) is 0 Å². The first-order valence-electron chi connectivity index (χ1n) is 12.0. The van der Waals surface area contributed by atoms with Crippen LogP contribution in [-0.4, -0.2) is 18.5 Å². The maximum atomic E-state index is 12.6. The van der Waals surface area contributed by atoms with Gasteiger partial charge in [-0.15, -0.1) is 0 Å². The Labute approximate surface area is 234 Å².